The highest BCUT2D eigenvalue weighted by Gasteiger charge is 2.22. The molecule has 1 unspecified atom stereocenters. The Hall–Kier alpha value is -0.580. The number of nitrogens with two attached hydrogens (primary N) is 1. The molecule has 2 heterocycles. The Morgan fingerprint density at radius 2 is 2.27 bits per heavy atom. The van der Waals surface area contributed by atoms with Gasteiger partial charge in [-0.3, -0.25) is 0 Å². The molecule has 0 radical (unpaired) electrons. The largest absolute Gasteiger partial charge is 0.355 e. The van der Waals surface area contributed by atoms with Gasteiger partial charge in [0.05, 0.1) is 0 Å². The number of nitrogens with zero attached hydrogens (tertiary/aromatic N) is 3. The van der Waals surface area contributed by atoms with Crippen LogP contribution in [0.3, 0.4) is 0 Å². The van der Waals surface area contributed by atoms with E-state index in [1.165, 1.54) is 0 Å². The number of hydrogen-bond donors (Lipinski definition) is 1. The van der Waals surface area contributed by atoms with Crippen molar-refractivity contribution in [3.63, 3.8) is 0 Å². The number of anilines is 1. The summed E-state index contributed by atoms with van der Waals surface area (Å²) in [6.07, 6.45) is 1.14. The fraction of sp³-hybridized carbons (Fsp3) is 0.556. The van der Waals surface area contributed by atoms with E-state index in [-0.39, 0.29) is 12.4 Å². The maximum atomic E-state index is 5.66. The molecule has 84 valence electrons. The third-order valence-corrected chi connectivity index (χ3v) is 2.76. The lowest BCUT2D eigenvalue weighted by molar-refractivity contribution is 0.602. The summed E-state index contributed by atoms with van der Waals surface area (Å²) in [6.45, 7) is 2.74. The summed E-state index contributed by atoms with van der Waals surface area (Å²) in [5.74, 6) is 1.48. The van der Waals surface area contributed by atoms with Gasteiger partial charge in [-0.15, -0.1) is 22.6 Å². The minimum Gasteiger partial charge on any atom is -0.355 e. The molecule has 4 nitrogen and oxygen atoms in total. The second-order valence-corrected chi connectivity index (χ2v) is 3.94. The summed E-state index contributed by atoms with van der Waals surface area (Å²) < 4.78 is 0. The Morgan fingerprint density at radius 3 is 2.80 bits per heavy atom. The summed E-state index contributed by atoms with van der Waals surface area (Å²) in [4.78, 5) is 2.20. The lowest BCUT2D eigenvalue weighted by atomic mass is 10.1. The predicted octanol–water partition coefficient (Wildman–Crippen LogP) is 1.34. The fourth-order valence-electron chi connectivity index (χ4n) is 1.71. The molecule has 2 rings (SSSR count). The molecule has 1 aromatic rings. The van der Waals surface area contributed by atoms with Gasteiger partial charge in [0.25, 0.3) is 0 Å². The first kappa shape index (κ1) is 12.5. The van der Waals surface area contributed by atoms with Gasteiger partial charge < -0.3 is 10.6 Å². The third-order valence-electron chi connectivity index (χ3n) is 2.56. The van der Waals surface area contributed by atoms with Crippen LogP contribution in [0.4, 0.5) is 5.82 Å². The Bertz CT molecular complexity index is 303. The van der Waals surface area contributed by atoms with Crippen LogP contribution in [0.15, 0.2) is 12.1 Å². The zero-order valence-corrected chi connectivity index (χ0v) is 9.84. The van der Waals surface area contributed by atoms with Crippen molar-refractivity contribution in [2.45, 2.75) is 6.42 Å². The number of halogens is 2. The Balaban J connectivity index is 0.00000112. The summed E-state index contributed by atoms with van der Waals surface area (Å²) in [7, 11) is 0. The molecular weight excluding hydrogens is 235 g/mol. The van der Waals surface area contributed by atoms with E-state index < -0.39 is 0 Å². The van der Waals surface area contributed by atoms with Crippen LogP contribution in [0.1, 0.15) is 6.42 Å². The molecule has 6 heteroatoms. The van der Waals surface area contributed by atoms with Crippen molar-refractivity contribution in [2.75, 3.05) is 24.5 Å². The summed E-state index contributed by atoms with van der Waals surface area (Å²) in [5, 5.41) is 8.28. The van der Waals surface area contributed by atoms with E-state index in [4.69, 9.17) is 17.3 Å². The van der Waals surface area contributed by atoms with Gasteiger partial charge in [0, 0.05) is 13.1 Å². The highest BCUT2D eigenvalue weighted by molar-refractivity contribution is 6.29. The van der Waals surface area contributed by atoms with Crippen LogP contribution in [0.2, 0.25) is 5.15 Å². The molecule has 0 bridgehead atoms. The van der Waals surface area contributed by atoms with Gasteiger partial charge in [0.1, 0.15) is 0 Å². The molecule has 1 saturated heterocycles. The van der Waals surface area contributed by atoms with Crippen LogP contribution in [-0.2, 0) is 0 Å². The Kier molecular flexibility index (Phi) is 4.57. The van der Waals surface area contributed by atoms with Crippen LogP contribution >= 0.6 is 24.0 Å². The maximum Gasteiger partial charge on any atom is 0.151 e. The second-order valence-electron chi connectivity index (χ2n) is 3.55. The molecule has 1 fully saturated rings. The minimum absolute atomic E-state index is 0. The monoisotopic (exact) mass is 248 g/mol. The van der Waals surface area contributed by atoms with Gasteiger partial charge in [0.15, 0.2) is 11.0 Å². The van der Waals surface area contributed by atoms with E-state index >= 15 is 0 Å². The van der Waals surface area contributed by atoms with Crippen LogP contribution in [0.25, 0.3) is 0 Å². The van der Waals surface area contributed by atoms with Crippen molar-refractivity contribution in [3.05, 3.63) is 17.3 Å². The minimum atomic E-state index is 0. The van der Waals surface area contributed by atoms with E-state index in [1.807, 2.05) is 6.07 Å². The van der Waals surface area contributed by atoms with Crippen molar-refractivity contribution in [3.8, 4) is 0 Å². The smallest absolute Gasteiger partial charge is 0.151 e. The molecule has 2 N–H and O–H groups in total. The SMILES string of the molecule is Cl.NCC1CCN(c2ccc(Cl)nn2)C1. The first-order chi connectivity index (χ1) is 6.79. The normalized spacial score (nSPS) is 20.1. The van der Waals surface area contributed by atoms with Gasteiger partial charge in [0.2, 0.25) is 0 Å². The predicted molar refractivity (Wildman–Crippen MR) is 63.7 cm³/mol. The van der Waals surface area contributed by atoms with E-state index in [0.29, 0.717) is 11.1 Å². The molecule has 0 aromatic carbocycles. The summed E-state index contributed by atoms with van der Waals surface area (Å²) >= 11 is 5.66. The Morgan fingerprint density at radius 1 is 1.47 bits per heavy atom. The van der Waals surface area contributed by atoms with E-state index in [0.717, 1.165) is 31.9 Å². The van der Waals surface area contributed by atoms with E-state index in [2.05, 4.69) is 15.1 Å². The number of aromatic nitrogens is 2. The molecule has 0 amide bonds. The van der Waals surface area contributed by atoms with Crippen LogP contribution in [0.5, 0.6) is 0 Å². The average molecular weight is 249 g/mol. The Labute approximate surface area is 100 Å². The fourth-order valence-corrected chi connectivity index (χ4v) is 1.81. The molecule has 1 aromatic heterocycles. The molecule has 1 aliphatic rings. The maximum absolute atomic E-state index is 5.66. The average Bonchev–Trinajstić information content (AvgIpc) is 2.67. The highest BCUT2D eigenvalue weighted by Crippen LogP contribution is 2.21. The highest BCUT2D eigenvalue weighted by atomic mass is 35.5. The summed E-state index contributed by atoms with van der Waals surface area (Å²) in [6, 6.07) is 3.66. The molecule has 1 aliphatic heterocycles. The van der Waals surface area contributed by atoms with Gasteiger partial charge in [-0.1, -0.05) is 11.6 Å². The molecule has 15 heavy (non-hydrogen) atoms. The van der Waals surface area contributed by atoms with Crippen molar-refractivity contribution >= 4 is 29.8 Å². The van der Waals surface area contributed by atoms with Crippen molar-refractivity contribution in [1.82, 2.24) is 10.2 Å². The van der Waals surface area contributed by atoms with E-state index in [9.17, 15) is 0 Å². The van der Waals surface area contributed by atoms with Crippen molar-refractivity contribution in [1.29, 1.82) is 0 Å². The summed E-state index contributed by atoms with van der Waals surface area (Å²) in [5.41, 5.74) is 5.61. The van der Waals surface area contributed by atoms with Crippen LogP contribution in [-0.4, -0.2) is 29.8 Å². The lowest BCUT2D eigenvalue weighted by Crippen LogP contribution is -2.23. The molecule has 0 spiro atoms. The first-order valence-corrected chi connectivity index (χ1v) is 5.11. The standard InChI is InChI=1S/C9H13ClN4.ClH/c10-8-1-2-9(13-12-8)14-4-3-7(5-11)6-14;/h1-2,7H,3-6,11H2;1H. The quantitative estimate of drug-likeness (QED) is 0.859. The molecule has 0 aliphatic carbocycles. The van der Waals surface area contributed by atoms with Gasteiger partial charge >= 0.3 is 0 Å². The van der Waals surface area contributed by atoms with Crippen molar-refractivity contribution < 1.29 is 0 Å². The van der Waals surface area contributed by atoms with Gasteiger partial charge in [-0.25, -0.2) is 0 Å². The lowest BCUT2D eigenvalue weighted by Gasteiger charge is -2.15. The van der Waals surface area contributed by atoms with Crippen molar-refractivity contribution in [2.24, 2.45) is 11.7 Å². The zero-order valence-electron chi connectivity index (χ0n) is 8.27. The number of hydrogen-bond acceptors (Lipinski definition) is 4. The third kappa shape index (κ3) is 2.93. The number of rotatable bonds is 2. The van der Waals surface area contributed by atoms with Gasteiger partial charge in [-0.05, 0) is 31.0 Å². The first-order valence-electron chi connectivity index (χ1n) is 4.74. The molecule has 1 atom stereocenters. The zero-order chi connectivity index (χ0) is 9.97. The van der Waals surface area contributed by atoms with Crippen LogP contribution < -0.4 is 10.6 Å². The molecule has 0 saturated carbocycles. The topological polar surface area (TPSA) is 55.0 Å². The van der Waals surface area contributed by atoms with E-state index in [1.54, 1.807) is 6.07 Å². The van der Waals surface area contributed by atoms with Crippen LogP contribution in [0, 0.1) is 5.92 Å². The van der Waals surface area contributed by atoms with Gasteiger partial charge in [-0.2, -0.15) is 0 Å². The second kappa shape index (κ2) is 5.49. The molecular formula is C9H14Cl2N4.